The van der Waals surface area contributed by atoms with Crippen LogP contribution in [0.3, 0.4) is 0 Å². The van der Waals surface area contributed by atoms with Gasteiger partial charge in [0.2, 0.25) is 0 Å². The van der Waals surface area contributed by atoms with E-state index in [4.69, 9.17) is 10.5 Å². The van der Waals surface area contributed by atoms with Gasteiger partial charge in [-0.25, -0.2) is 0 Å². The zero-order valence-corrected chi connectivity index (χ0v) is 15.1. The molecule has 1 atom stereocenters. The molecule has 1 aliphatic rings. The summed E-state index contributed by atoms with van der Waals surface area (Å²) in [6, 6.07) is 8.32. The van der Waals surface area contributed by atoms with E-state index < -0.39 is 0 Å². The summed E-state index contributed by atoms with van der Waals surface area (Å²) >= 11 is 0. The van der Waals surface area contributed by atoms with Gasteiger partial charge in [-0.05, 0) is 45.0 Å². The average Bonchev–Trinajstić information content (AvgIpc) is 2.59. The first-order chi connectivity index (χ1) is 11.7. The van der Waals surface area contributed by atoms with Crippen LogP contribution in [0.5, 0.6) is 5.75 Å². The Hall–Kier alpha value is -1.75. The van der Waals surface area contributed by atoms with Crippen LogP contribution in [0, 0.1) is 0 Å². The summed E-state index contributed by atoms with van der Waals surface area (Å²) in [6.45, 7) is 9.38. The van der Waals surface area contributed by atoms with Crippen molar-refractivity contribution in [3.8, 4) is 5.75 Å². The molecule has 0 bridgehead atoms. The number of para-hydroxylation sites is 1. The van der Waals surface area contributed by atoms with Crippen molar-refractivity contribution in [1.29, 1.82) is 0 Å². The molecule has 0 amide bonds. The van der Waals surface area contributed by atoms with E-state index in [1.807, 2.05) is 18.2 Å². The number of benzene rings is 1. The highest BCUT2D eigenvalue weighted by Gasteiger charge is 2.21. The van der Waals surface area contributed by atoms with Gasteiger partial charge in [0, 0.05) is 18.5 Å². The van der Waals surface area contributed by atoms with Crippen LogP contribution >= 0.6 is 0 Å². The topological polar surface area (TPSA) is 62.9 Å². The van der Waals surface area contributed by atoms with Crippen molar-refractivity contribution in [2.45, 2.75) is 45.6 Å². The van der Waals surface area contributed by atoms with E-state index in [-0.39, 0.29) is 6.04 Å². The quantitative estimate of drug-likeness (QED) is 0.415. The molecule has 0 saturated heterocycles. The Morgan fingerprint density at radius 1 is 1.25 bits per heavy atom. The first-order valence-corrected chi connectivity index (χ1v) is 9.25. The van der Waals surface area contributed by atoms with Gasteiger partial charge in [-0.15, -0.1) is 0 Å². The van der Waals surface area contributed by atoms with E-state index in [0.717, 1.165) is 31.7 Å². The van der Waals surface area contributed by atoms with Crippen LogP contribution in [-0.4, -0.2) is 43.6 Å². The number of nitrogens with one attached hydrogen (secondary N) is 1. The van der Waals surface area contributed by atoms with Crippen LogP contribution in [0.25, 0.3) is 0 Å². The second kappa shape index (κ2) is 10.2. The highest BCUT2D eigenvalue weighted by Crippen LogP contribution is 2.31. The molecule has 1 aromatic rings. The minimum Gasteiger partial charge on any atom is -0.493 e. The van der Waals surface area contributed by atoms with Crippen LogP contribution in [0.15, 0.2) is 29.3 Å². The number of nitrogens with two attached hydrogens (primary N) is 1. The third kappa shape index (κ3) is 5.71. The smallest absolute Gasteiger partial charge is 0.189 e. The fourth-order valence-corrected chi connectivity index (χ4v) is 3.18. The molecule has 3 N–H and O–H groups in total. The molecule has 0 aliphatic carbocycles. The van der Waals surface area contributed by atoms with Crippen molar-refractivity contribution in [1.82, 2.24) is 10.2 Å². The Labute approximate surface area is 146 Å². The first-order valence-electron chi connectivity index (χ1n) is 9.25. The Balaban J connectivity index is 1.78. The van der Waals surface area contributed by atoms with E-state index in [0.29, 0.717) is 12.6 Å². The minimum absolute atomic E-state index is 0.190. The highest BCUT2D eigenvalue weighted by molar-refractivity contribution is 5.78. The lowest BCUT2D eigenvalue weighted by Gasteiger charge is -2.27. The Morgan fingerprint density at radius 2 is 2.00 bits per heavy atom. The molecule has 24 heavy (non-hydrogen) atoms. The van der Waals surface area contributed by atoms with Crippen LogP contribution in [0.1, 0.15) is 51.1 Å². The van der Waals surface area contributed by atoms with Gasteiger partial charge in [-0.3, -0.25) is 4.99 Å². The monoisotopic (exact) mass is 332 g/mol. The Bertz CT molecular complexity index is 512. The maximum atomic E-state index is 6.08. The third-order valence-corrected chi connectivity index (χ3v) is 4.27. The van der Waals surface area contributed by atoms with Crippen LogP contribution in [0.4, 0.5) is 0 Å². The number of nitrogens with zero attached hydrogens (tertiary/aromatic N) is 2. The molecule has 0 radical (unpaired) electrons. The molecular weight excluding hydrogens is 300 g/mol. The number of hydrogen-bond donors (Lipinski definition) is 2. The lowest BCUT2D eigenvalue weighted by atomic mass is 10.0. The number of guanidine groups is 1. The number of rotatable bonds is 9. The van der Waals surface area contributed by atoms with Gasteiger partial charge in [0.1, 0.15) is 5.75 Å². The van der Waals surface area contributed by atoms with Gasteiger partial charge in [-0.2, -0.15) is 0 Å². The molecule has 1 heterocycles. The van der Waals surface area contributed by atoms with Gasteiger partial charge in [0.15, 0.2) is 5.96 Å². The number of ether oxygens (including phenoxy) is 1. The van der Waals surface area contributed by atoms with Gasteiger partial charge in [0.25, 0.3) is 0 Å². The molecule has 0 fully saturated rings. The number of hydrogen-bond acceptors (Lipinski definition) is 3. The Morgan fingerprint density at radius 3 is 2.75 bits per heavy atom. The minimum atomic E-state index is 0.190. The summed E-state index contributed by atoms with van der Waals surface area (Å²) in [4.78, 5) is 7.01. The van der Waals surface area contributed by atoms with E-state index in [9.17, 15) is 0 Å². The third-order valence-electron chi connectivity index (χ3n) is 4.27. The molecule has 134 valence electrons. The standard InChI is InChI=1S/C19H32N4O/c1-3-12-23(13-4-2)14-7-11-21-19(20)22-17-10-15-24-18-9-6-5-8-16(17)18/h5-6,8-9,17H,3-4,7,10-15H2,1-2H3,(H3,20,21,22). The molecule has 1 aliphatic heterocycles. The van der Waals surface area contributed by atoms with E-state index >= 15 is 0 Å². The fourth-order valence-electron chi connectivity index (χ4n) is 3.18. The van der Waals surface area contributed by atoms with Crippen LogP contribution < -0.4 is 15.8 Å². The van der Waals surface area contributed by atoms with Crippen molar-refractivity contribution >= 4 is 5.96 Å². The maximum Gasteiger partial charge on any atom is 0.189 e. The van der Waals surface area contributed by atoms with Gasteiger partial charge in [0.05, 0.1) is 12.6 Å². The van der Waals surface area contributed by atoms with E-state index in [1.165, 1.54) is 31.5 Å². The highest BCUT2D eigenvalue weighted by atomic mass is 16.5. The first kappa shape index (κ1) is 18.6. The van der Waals surface area contributed by atoms with Gasteiger partial charge >= 0.3 is 0 Å². The van der Waals surface area contributed by atoms with Crippen molar-refractivity contribution in [2.75, 3.05) is 32.8 Å². The van der Waals surface area contributed by atoms with Gasteiger partial charge < -0.3 is 20.7 Å². The summed E-state index contributed by atoms with van der Waals surface area (Å²) in [5.41, 5.74) is 7.25. The molecule has 0 spiro atoms. The zero-order valence-electron chi connectivity index (χ0n) is 15.1. The van der Waals surface area contributed by atoms with Crippen molar-refractivity contribution in [3.63, 3.8) is 0 Å². The molecule has 2 rings (SSSR count). The predicted octanol–water partition coefficient (Wildman–Crippen LogP) is 2.93. The Kier molecular flexibility index (Phi) is 7.89. The maximum absolute atomic E-state index is 6.08. The molecule has 1 unspecified atom stereocenters. The summed E-state index contributed by atoms with van der Waals surface area (Å²) < 4.78 is 5.68. The van der Waals surface area contributed by atoms with Gasteiger partial charge in [-0.1, -0.05) is 32.0 Å². The van der Waals surface area contributed by atoms with E-state index in [2.05, 4.69) is 35.1 Å². The average molecular weight is 332 g/mol. The fraction of sp³-hybridized carbons (Fsp3) is 0.632. The molecule has 0 aromatic heterocycles. The SMILES string of the molecule is CCCN(CCC)CCCN=C(N)NC1CCOc2ccccc21. The summed E-state index contributed by atoms with van der Waals surface area (Å²) in [6.07, 6.45) is 4.37. The normalized spacial score (nSPS) is 17.5. The predicted molar refractivity (Wildman–Crippen MR) is 101 cm³/mol. The second-order valence-corrected chi connectivity index (χ2v) is 6.33. The largest absolute Gasteiger partial charge is 0.493 e. The number of fused-ring (bicyclic) bond motifs is 1. The second-order valence-electron chi connectivity index (χ2n) is 6.33. The van der Waals surface area contributed by atoms with Crippen molar-refractivity contribution in [3.05, 3.63) is 29.8 Å². The molecule has 1 aromatic carbocycles. The molecule has 5 nitrogen and oxygen atoms in total. The summed E-state index contributed by atoms with van der Waals surface area (Å²) in [5.74, 6) is 1.48. The molecule has 5 heteroatoms. The lowest BCUT2D eigenvalue weighted by molar-refractivity contribution is 0.262. The van der Waals surface area contributed by atoms with Crippen molar-refractivity contribution < 1.29 is 4.74 Å². The summed E-state index contributed by atoms with van der Waals surface area (Å²) in [7, 11) is 0. The van der Waals surface area contributed by atoms with E-state index in [1.54, 1.807) is 0 Å². The van der Waals surface area contributed by atoms with Crippen LogP contribution in [0.2, 0.25) is 0 Å². The molecule has 0 saturated carbocycles. The van der Waals surface area contributed by atoms with Crippen LogP contribution in [-0.2, 0) is 0 Å². The number of aliphatic imine (C=N–C) groups is 1. The van der Waals surface area contributed by atoms with Crippen molar-refractivity contribution in [2.24, 2.45) is 10.7 Å². The summed E-state index contributed by atoms with van der Waals surface area (Å²) in [5, 5.41) is 3.35. The zero-order chi connectivity index (χ0) is 17.2. The molecular formula is C19H32N4O. The lowest BCUT2D eigenvalue weighted by Crippen LogP contribution is -2.37.